The van der Waals surface area contributed by atoms with Crippen LogP contribution in [0.2, 0.25) is 0 Å². The minimum Gasteiger partial charge on any atom is -0.392 e. The van der Waals surface area contributed by atoms with Gasteiger partial charge in [-0.1, -0.05) is 32.1 Å². The van der Waals surface area contributed by atoms with Crippen LogP contribution in [0, 0.1) is 0 Å². The van der Waals surface area contributed by atoms with Crippen molar-refractivity contribution in [2.75, 3.05) is 6.61 Å². The van der Waals surface area contributed by atoms with Crippen LogP contribution in [0.1, 0.15) is 27.7 Å². The van der Waals surface area contributed by atoms with E-state index >= 15 is 0 Å². The molecular formula is C9H18O. The summed E-state index contributed by atoms with van der Waals surface area (Å²) < 4.78 is 0. The Morgan fingerprint density at radius 2 is 1.80 bits per heavy atom. The summed E-state index contributed by atoms with van der Waals surface area (Å²) in [6.07, 6.45) is 5.69. The van der Waals surface area contributed by atoms with E-state index in [0.717, 1.165) is 5.57 Å². The van der Waals surface area contributed by atoms with Gasteiger partial charge in [0.05, 0.1) is 6.61 Å². The molecule has 0 bridgehead atoms. The molecule has 0 saturated heterocycles. The maximum atomic E-state index is 8.54. The van der Waals surface area contributed by atoms with E-state index in [2.05, 4.69) is 0 Å². The zero-order valence-corrected chi connectivity index (χ0v) is 7.39. The van der Waals surface area contributed by atoms with Gasteiger partial charge in [-0.3, -0.25) is 0 Å². The number of aliphatic hydroxyl groups excluding tert-OH is 1. The first-order valence-electron chi connectivity index (χ1n) is 3.74. The van der Waals surface area contributed by atoms with Gasteiger partial charge in [-0.05, 0) is 19.4 Å². The Hall–Kier alpha value is -0.560. The topological polar surface area (TPSA) is 20.2 Å². The van der Waals surface area contributed by atoms with Crippen molar-refractivity contribution < 1.29 is 5.11 Å². The molecule has 0 aliphatic heterocycles. The first-order valence-corrected chi connectivity index (χ1v) is 3.74. The first-order chi connectivity index (χ1) is 4.85. The highest BCUT2D eigenvalue weighted by Gasteiger charge is 1.80. The lowest BCUT2D eigenvalue weighted by Gasteiger charge is -1.89. The number of hydrogen-bond donors (Lipinski definition) is 1. The van der Waals surface area contributed by atoms with Crippen molar-refractivity contribution >= 4 is 0 Å². The van der Waals surface area contributed by atoms with E-state index in [0.29, 0.717) is 0 Å². The van der Waals surface area contributed by atoms with E-state index in [1.165, 1.54) is 0 Å². The molecule has 0 saturated carbocycles. The molecule has 0 unspecified atom stereocenters. The normalized spacial score (nSPS) is 11.1. The summed E-state index contributed by atoms with van der Waals surface area (Å²) in [5.41, 5.74) is 0.965. The first kappa shape index (κ1) is 12.1. The SMILES string of the molecule is C/C=C\C(=C/C)CO.CC. The van der Waals surface area contributed by atoms with E-state index in [9.17, 15) is 0 Å². The van der Waals surface area contributed by atoms with Crippen molar-refractivity contribution in [1.82, 2.24) is 0 Å². The Bertz CT molecular complexity index is 98.5. The fourth-order valence-corrected chi connectivity index (χ4v) is 0.454. The van der Waals surface area contributed by atoms with Crippen molar-refractivity contribution in [3.8, 4) is 0 Å². The van der Waals surface area contributed by atoms with Gasteiger partial charge >= 0.3 is 0 Å². The van der Waals surface area contributed by atoms with Crippen molar-refractivity contribution in [2.24, 2.45) is 0 Å². The van der Waals surface area contributed by atoms with E-state index in [1.807, 2.05) is 45.9 Å². The van der Waals surface area contributed by atoms with Gasteiger partial charge in [-0.2, -0.15) is 0 Å². The maximum Gasteiger partial charge on any atom is 0.0678 e. The van der Waals surface area contributed by atoms with E-state index < -0.39 is 0 Å². The lowest BCUT2D eigenvalue weighted by Crippen LogP contribution is -1.82. The molecule has 0 amide bonds. The molecule has 0 heterocycles. The summed E-state index contributed by atoms with van der Waals surface area (Å²) in [7, 11) is 0. The molecule has 0 radical (unpaired) electrons. The van der Waals surface area contributed by atoms with E-state index in [-0.39, 0.29) is 6.61 Å². The van der Waals surface area contributed by atoms with Gasteiger partial charge in [0.1, 0.15) is 0 Å². The zero-order valence-electron chi connectivity index (χ0n) is 7.39. The van der Waals surface area contributed by atoms with Gasteiger partial charge in [0.15, 0.2) is 0 Å². The van der Waals surface area contributed by atoms with Crippen LogP contribution in [0.4, 0.5) is 0 Å². The summed E-state index contributed by atoms with van der Waals surface area (Å²) in [5.74, 6) is 0. The van der Waals surface area contributed by atoms with E-state index in [4.69, 9.17) is 5.11 Å². The molecule has 0 fully saturated rings. The molecule has 0 atom stereocenters. The highest BCUT2D eigenvalue weighted by Crippen LogP contribution is 1.92. The minimum absolute atomic E-state index is 0.140. The smallest absolute Gasteiger partial charge is 0.0678 e. The second-order valence-corrected chi connectivity index (χ2v) is 1.52. The van der Waals surface area contributed by atoms with Crippen LogP contribution in [0.5, 0.6) is 0 Å². The second kappa shape index (κ2) is 11.3. The third-order valence-electron chi connectivity index (χ3n) is 0.934. The van der Waals surface area contributed by atoms with E-state index in [1.54, 1.807) is 0 Å². The quantitative estimate of drug-likeness (QED) is 0.587. The molecule has 0 rings (SSSR count). The van der Waals surface area contributed by atoms with Crippen LogP contribution < -0.4 is 0 Å². The van der Waals surface area contributed by atoms with Crippen LogP contribution in [0.25, 0.3) is 0 Å². The summed E-state index contributed by atoms with van der Waals surface area (Å²) in [6, 6.07) is 0. The Morgan fingerprint density at radius 3 is 1.90 bits per heavy atom. The average molecular weight is 142 g/mol. The fraction of sp³-hybridized carbons (Fsp3) is 0.556. The standard InChI is InChI=1S/C7H12O.C2H6/c1-3-5-7(4-2)6-8;1-2/h3-5,8H,6H2,1-2H3;1-2H3/b5-3-,7-4+;. The molecular weight excluding hydrogens is 124 g/mol. The summed E-state index contributed by atoms with van der Waals surface area (Å²) in [4.78, 5) is 0. The predicted molar refractivity (Wildman–Crippen MR) is 47.0 cm³/mol. The molecule has 0 aromatic carbocycles. The minimum atomic E-state index is 0.140. The summed E-state index contributed by atoms with van der Waals surface area (Å²) >= 11 is 0. The molecule has 1 heteroatoms. The van der Waals surface area contributed by atoms with Crippen molar-refractivity contribution in [1.29, 1.82) is 0 Å². The molecule has 60 valence electrons. The summed E-state index contributed by atoms with van der Waals surface area (Å²) in [5, 5.41) is 8.54. The van der Waals surface area contributed by atoms with Crippen molar-refractivity contribution in [2.45, 2.75) is 27.7 Å². The molecule has 1 N–H and O–H groups in total. The Balaban J connectivity index is 0. The molecule has 1 nitrogen and oxygen atoms in total. The molecule has 0 aliphatic carbocycles. The van der Waals surface area contributed by atoms with Crippen molar-refractivity contribution in [3.05, 3.63) is 23.8 Å². The van der Waals surface area contributed by atoms with Gasteiger partial charge in [-0.15, -0.1) is 0 Å². The molecule has 0 spiro atoms. The molecule has 0 aromatic heterocycles. The highest BCUT2D eigenvalue weighted by molar-refractivity contribution is 5.16. The van der Waals surface area contributed by atoms with Gasteiger partial charge in [0.25, 0.3) is 0 Å². The van der Waals surface area contributed by atoms with Crippen LogP contribution in [0.3, 0.4) is 0 Å². The average Bonchev–Trinajstić information content (AvgIpc) is 2.04. The maximum absolute atomic E-state index is 8.54. The Labute approximate surface area is 64.1 Å². The number of aliphatic hydroxyl groups is 1. The fourth-order valence-electron chi connectivity index (χ4n) is 0.454. The van der Waals surface area contributed by atoms with Gasteiger partial charge in [0.2, 0.25) is 0 Å². The van der Waals surface area contributed by atoms with Crippen LogP contribution in [0.15, 0.2) is 23.8 Å². The second-order valence-electron chi connectivity index (χ2n) is 1.52. The number of allylic oxidation sites excluding steroid dienone is 2. The Morgan fingerprint density at radius 1 is 1.30 bits per heavy atom. The lowest BCUT2D eigenvalue weighted by molar-refractivity contribution is 0.335. The van der Waals surface area contributed by atoms with Crippen LogP contribution in [-0.2, 0) is 0 Å². The van der Waals surface area contributed by atoms with Gasteiger partial charge in [-0.25, -0.2) is 0 Å². The third kappa shape index (κ3) is 7.44. The number of rotatable bonds is 2. The lowest BCUT2D eigenvalue weighted by atomic mass is 10.2. The van der Waals surface area contributed by atoms with Crippen molar-refractivity contribution in [3.63, 3.8) is 0 Å². The summed E-state index contributed by atoms with van der Waals surface area (Å²) in [6.45, 7) is 7.98. The molecule has 0 aromatic rings. The Kier molecular flexibility index (Phi) is 13.7. The number of hydrogen-bond acceptors (Lipinski definition) is 1. The monoisotopic (exact) mass is 142 g/mol. The molecule has 10 heavy (non-hydrogen) atoms. The largest absolute Gasteiger partial charge is 0.392 e. The van der Waals surface area contributed by atoms with Crippen LogP contribution in [-0.4, -0.2) is 11.7 Å². The highest BCUT2D eigenvalue weighted by atomic mass is 16.3. The predicted octanol–water partition coefficient (Wildman–Crippen LogP) is 2.53. The van der Waals surface area contributed by atoms with Gasteiger partial charge < -0.3 is 5.11 Å². The third-order valence-corrected chi connectivity index (χ3v) is 0.934. The van der Waals surface area contributed by atoms with Gasteiger partial charge in [0, 0.05) is 0 Å². The molecule has 0 aliphatic rings. The zero-order chi connectivity index (χ0) is 8.41. The van der Waals surface area contributed by atoms with Crippen LogP contribution >= 0.6 is 0 Å².